The minimum Gasteiger partial charge on any atom is -0.465 e. The summed E-state index contributed by atoms with van der Waals surface area (Å²) in [5, 5.41) is 20.6. The van der Waals surface area contributed by atoms with Crippen LogP contribution >= 0.6 is 23.2 Å². The van der Waals surface area contributed by atoms with E-state index >= 15 is 0 Å². The number of methoxy groups -OCH3 is 1. The van der Waals surface area contributed by atoms with Crippen LogP contribution in [0.5, 0.6) is 0 Å². The number of aliphatic hydroxyl groups excluding tert-OH is 1. The van der Waals surface area contributed by atoms with Crippen LogP contribution < -0.4 is 0 Å². The molecule has 10 nitrogen and oxygen atoms in total. The van der Waals surface area contributed by atoms with Gasteiger partial charge >= 0.3 is 12.1 Å². The Labute approximate surface area is 278 Å². The van der Waals surface area contributed by atoms with E-state index in [2.05, 4.69) is 10.3 Å². The summed E-state index contributed by atoms with van der Waals surface area (Å²) in [5.41, 5.74) is 6.42. The van der Waals surface area contributed by atoms with Gasteiger partial charge in [0, 0.05) is 26.2 Å². The van der Waals surface area contributed by atoms with Crippen molar-refractivity contribution in [2.24, 2.45) is 0 Å². The highest BCUT2D eigenvalue weighted by atomic mass is 35.5. The standard InChI is InChI=1S/C34H38Cl2N4O6/c1-20-25(31(41)23-8-7-22-11-13-39(18-24(22)17-23)33(43)46-34(2,3)4)9-10-28-30(20)37-38-40(28)12-6-14-45-19-21-15-26(35)29(27(36)16-21)32(42)44-5/h7-10,15-17,31,41H,6,11-14,18-19H2,1-5H3. The maximum Gasteiger partial charge on any atom is 0.410 e. The Morgan fingerprint density at radius 3 is 2.50 bits per heavy atom. The predicted octanol–water partition coefficient (Wildman–Crippen LogP) is 6.81. The first-order valence-corrected chi connectivity index (χ1v) is 15.9. The molecular weight excluding hydrogens is 631 g/mol. The summed E-state index contributed by atoms with van der Waals surface area (Å²) < 4.78 is 17.9. The molecule has 1 amide bonds. The van der Waals surface area contributed by atoms with E-state index < -0.39 is 17.7 Å². The second-order valence-electron chi connectivity index (χ2n) is 12.4. The lowest BCUT2D eigenvalue weighted by atomic mass is 9.92. The van der Waals surface area contributed by atoms with Crippen molar-refractivity contribution in [1.29, 1.82) is 0 Å². The number of carbonyl (C=O) groups excluding carboxylic acids is 2. The van der Waals surface area contributed by atoms with E-state index in [0.29, 0.717) is 32.7 Å². The molecular formula is C34H38Cl2N4O6. The highest BCUT2D eigenvalue weighted by molar-refractivity contribution is 6.39. The van der Waals surface area contributed by atoms with Crippen LogP contribution in [-0.2, 0) is 40.3 Å². The number of benzene rings is 3. The van der Waals surface area contributed by atoms with Gasteiger partial charge in [-0.2, -0.15) is 0 Å². The van der Waals surface area contributed by atoms with Crippen LogP contribution in [0.3, 0.4) is 0 Å². The van der Waals surface area contributed by atoms with Crippen LogP contribution in [0, 0.1) is 6.92 Å². The molecule has 46 heavy (non-hydrogen) atoms. The van der Waals surface area contributed by atoms with Gasteiger partial charge in [-0.1, -0.05) is 52.7 Å². The van der Waals surface area contributed by atoms with Crippen molar-refractivity contribution < 1.29 is 28.9 Å². The van der Waals surface area contributed by atoms with Crippen LogP contribution in [0.2, 0.25) is 10.0 Å². The molecule has 2 heterocycles. The third kappa shape index (κ3) is 7.47. The number of carbonyl (C=O) groups is 2. The smallest absolute Gasteiger partial charge is 0.410 e. The van der Waals surface area contributed by atoms with Gasteiger partial charge in [-0.15, -0.1) is 5.10 Å². The van der Waals surface area contributed by atoms with Crippen LogP contribution in [0.1, 0.15) is 77.0 Å². The van der Waals surface area contributed by atoms with E-state index in [1.54, 1.807) is 17.0 Å². The van der Waals surface area contributed by atoms with Crippen LogP contribution in [-0.4, -0.2) is 62.9 Å². The molecule has 1 aliphatic heterocycles. The Morgan fingerprint density at radius 2 is 1.80 bits per heavy atom. The number of aryl methyl sites for hydroxylation is 2. The first-order valence-electron chi connectivity index (χ1n) is 15.1. The Morgan fingerprint density at radius 1 is 1.07 bits per heavy atom. The van der Waals surface area contributed by atoms with Gasteiger partial charge in [-0.3, -0.25) is 0 Å². The van der Waals surface area contributed by atoms with Crippen LogP contribution in [0.25, 0.3) is 11.0 Å². The largest absolute Gasteiger partial charge is 0.465 e. The molecule has 1 aliphatic rings. The molecule has 1 unspecified atom stereocenters. The van der Waals surface area contributed by atoms with Gasteiger partial charge in [-0.05, 0) is 92.1 Å². The van der Waals surface area contributed by atoms with Gasteiger partial charge in [0.25, 0.3) is 0 Å². The van der Waals surface area contributed by atoms with Gasteiger partial charge in [0.1, 0.15) is 17.2 Å². The monoisotopic (exact) mass is 668 g/mol. The molecule has 1 N–H and O–H groups in total. The number of halogens is 2. The topological polar surface area (TPSA) is 116 Å². The minimum atomic E-state index is -0.867. The molecule has 0 radical (unpaired) electrons. The fourth-order valence-electron chi connectivity index (χ4n) is 5.57. The second-order valence-corrected chi connectivity index (χ2v) is 13.2. The summed E-state index contributed by atoms with van der Waals surface area (Å²) in [6.45, 7) is 9.85. The first-order chi connectivity index (χ1) is 21.9. The van der Waals surface area contributed by atoms with Crippen molar-refractivity contribution in [1.82, 2.24) is 19.9 Å². The number of rotatable bonds is 9. The normalized spacial score (nSPS) is 13.9. The molecule has 12 heteroatoms. The van der Waals surface area contributed by atoms with Gasteiger partial charge in [0.05, 0.1) is 34.8 Å². The molecule has 0 bridgehead atoms. The zero-order chi connectivity index (χ0) is 33.2. The third-order valence-electron chi connectivity index (χ3n) is 7.91. The first kappa shape index (κ1) is 33.7. The fraction of sp³-hybridized carbons (Fsp3) is 0.412. The Hall–Kier alpha value is -3.70. The lowest BCUT2D eigenvalue weighted by Gasteiger charge is -2.31. The van der Waals surface area contributed by atoms with Gasteiger partial charge in [0.2, 0.25) is 0 Å². The summed E-state index contributed by atoms with van der Waals surface area (Å²) in [6.07, 6.45) is 0.214. The molecule has 4 aromatic rings. The van der Waals surface area contributed by atoms with Crippen molar-refractivity contribution in [3.8, 4) is 0 Å². The van der Waals surface area contributed by atoms with E-state index in [1.807, 2.05) is 62.7 Å². The van der Waals surface area contributed by atoms with E-state index in [4.69, 9.17) is 37.4 Å². The summed E-state index contributed by atoms with van der Waals surface area (Å²) in [7, 11) is 1.27. The number of fused-ring (bicyclic) bond motifs is 2. The second kappa shape index (κ2) is 14.0. The number of ether oxygens (including phenoxy) is 3. The summed E-state index contributed by atoms with van der Waals surface area (Å²) >= 11 is 12.4. The van der Waals surface area contributed by atoms with Crippen molar-refractivity contribution >= 4 is 46.3 Å². The summed E-state index contributed by atoms with van der Waals surface area (Å²) in [4.78, 5) is 26.2. The molecule has 244 valence electrons. The third-order valence-corrected chi connectivity index (χ3v) is 8.50. The number of hydrogen-bond donors (Lipinski definition) is 1. The minimum absolute atomic E-state index is 0.132. The summed E-state index contributed by atoms with van der Waals surface area (Å²) in [6, 6.07) is 13.1. The molecule has 1 aromatic heterocycles. The van der Waals surface area contributed by atoms with Crippen molar-refractivity contribution in [3.63, 3.8) is 0 Å². The van der Waals surface area contributed by atoms with Crippen molar-refractivity contribution in [2.75, 3.05) is 20.3 Å². The molecule has 0 saturated heterocycles. The number of nitrogens with zero attached hydrogens (tertiary/aromatic N) is 4. The van der Waals surface area contributed by atoms with Crippen molar-refractivity contribution in [2.45, 2.75) is 71.9 Å². The molecule has 0 spiro atoms. The quantitative estimate of drug-likeness (QED) is 0.153. The lowest BCUT2D eigenvalue weighted by molar-refractivity contribution is 0.0223. The highest BCUT2D eigenvalue weighted by Gasteiger charge is 2.27. The highest BCUT2D eigenvalue weighted by Crippen LogP contribution is 2.32. The molecule has 3 aromatic carbocycles. The SMILES string of the molecule is COC(=O)c1c(Cl)cc(COCCCn2nnc3c(C)c(C(O)c4ccc5c(c4)CN(C(=O)OC(C)(C)C)CC5)ccc32)cc1Cl. The van der Waals surface area contributed by atoms with E-state index in [1.165, 1.54) is 12.7 Å². The van der Waals surface area contributed by atoms with Crippen LogP contribution in [0.4, 0.5) is 4.79 Å². The Bertz CT molecular complexity index is 1740. The average molecular weight is 670 g/mol. The summed E-state index contributed by atoms with van der Waals surface area (Å²) in [5.74, 6) is -0.591. The van der Waals surface area contributed by atoms with E-state index in [0.717, 1.165) is 45.3 Å². The van der Waals surface area contributed by atoms with Gasteiger partial charge in [-0.25, -0.2) is 14.3 Å². The van der Waals surface area contributed by atoms with E-state index in [-0.39, 0.29) is 28.3 Å². The fourth-order valence-corrected chi connectivity index (χ4v) is 6.25. The number of aromatic nitrogens is 3. The maximum absolute atomic E-state index is 12.7. The molecule has 0 saturated carbocycles. The molecule has 0 fully saturated rings. The number of esters is 1. The van der Waals surface area contributed by atoms with Gasteiger partial charge in [0.15, 0.2) is 0 Å². The molecule has 0 aliphatic carbocycles. The Balaban J connectivity index is 1.21. The van der Waals surface area contributed by atoms with Crippen molar-refractivity contribution in [3.05, 3.63) is 91.5 Å². The molecule has 1 atom stereocenters. The Kier molecular flexibility index (Phi) is 10.2. The number of hydrogen-bond acceptors (Lipinski definition) is 8. The zero-order valence-electron chi connectivity index (χ0n) is 26.6. The predicted molar refractivity (Wildman–Crippen MR) is 175 cm³/mol. The van der Waals surface area contributed by atoms with E-state index in [9.17, 15) is 14.7 Å². The number of amides is 1. The zero-order valence-corrected chi connectivity index (χ0v) is 28.1. The average Bonchev–Trinajstić information content (AvgIpc) is 3.42. The van der Waals surface area contributed by atoms with Crippen LogP contribution in [0.15, 0.2) is 42.5 Å². The van der Waals surface area contributed by atoms with Gasteiger partial charge < -0.3 is 24.2 Å². The maximum atomic E-state index is 12.7. The molecule has 5 rings (SSSR count). The lowest BCUT2D eigenvalue weighted by Crippen LogP contribution is -2.39. The number of aliphatic hydroxyl groups is 1.